The zero-order chi connectivity index (χ0) is 15.4. The van der Waals surface area contributed by atoms with Crippen molar-refractivity contribution in [1.29, 1.82) is 0 Å². The number of aryl methyl sites for hydroxylation is 2. The molecule has 0 heterocycles. The maximum atomic E-state index is 9.78. The molecule has 2 nitrogen and oxygen atoms in total. The van der Waals surface area contributed by atoms with Crippen LogP contribution in [0.25, 0.3) is 0 Å². The van der Waals surface area contributed by atoms with Gasteiger partial charge in [-0.2, -0.15) is 0 Å². The van der Waals surface area contributed by atoms with Gasteiger partial charge in [0.25, 0.3) is 0 Å². The topological polar surface area (TPSA) is 32.6 Å². The number of phenols is 1. The second kappa shape index (κ2) is 6.57. The van der Waals surface area contributed by atoms with Gasteiger partial charge in [0.2, 0.25) is 0 Å². The van der Waals surface area contributed by atoms with Gasteiger partial charge in [-0.15, -0.1) is 0 Å². The molecule has 0 bridgehead atoms. The molecule has 2 aromatic rings. The quantitative estimate of drug-likeness (QED) is 0.760. The van der Waals surface area contributed by atoms with Crippen LogP contribution >= 0.6 is 0 Å². The van der Waals surface area contributed by atoms with Crippen molar-refractivity contribution in [3.8, 4) is 5.75 Å². The lowest BCUT2D eigenvalue weighted by Crippen LogP contribution is -1.90. The van der Waals surface area contributed by atoms with E-state index in [1.807, 2.05) is 32.2 Å². The van der Waals surface area contributed by atoms with Crippen LogP contribution in [0.4, 0.5) is 5.69 Å². The second-order valence-corrected chi connectivity index (χ2v) is 5.66. The van der Waals surface area contributed by atoms with E-state index >= 15 is 0 Å². The highest BCUT2D eigenvalue weighted by Crippen LogP contribution is 2.24. The Hall–Kier alpha value is -2.09. The fraction of sp³-hybridized carbons (Fsp3) is 0.316. The average Bonchev–Trinajstić information content (AvgIpc) is 2.50. The van der Waals surface area contributed by atoms with E-state index in [4.69, 9.17) is 0 Å². The maximum absolute atomic E-state index is 9.78. The van der Waals surface area contributed by atoms with Crippen LogP contribution < -0.4 is 0 Å². The van der Waals surface area contributed by atoms with E-state index in [-0.39, 0.29) is 0 Å². The van der Waals surface area contributed by atoms with Crippen molar-refractivity contribution in [2.24, 2.45) is 4.99 Å². The summed E-state index contributed by atoms with van der Waals surface area (Å²) in [5, 5.41) is 9.78. The lowest BCUT2D eigenvalue weighted by molar-refractivity contribution is 0.467. The van der Waals surface area contributed by atoms with Crippen molar-refractivity contribution in [1.82, 2.24) is 0 Å². The lowest BCUT2D eigenvalue weighted by atomic mass is 9.99. The van der Waals surface area contributed by atoms with Gasteiger partial charge in [-0.25, -0.2) is 0 Å². The van der Waals surface area contributed by atoms with Crippen LogP contribution in [-0.4, -0.2) is 11.3 Å². The summed E-state index contributed by atoms with van der Waals surface area (Å²) in [5.41, 5.74) is 5.07. The summed E-state index contributed by atoms with van der Waals surface area (Å²) in [6, 6.07) is 12.3. The summed E-state index contributed by atoms with van der Waals surface area (Å²) in [5.74, 6) is 0.954. The molecule has 2 rings (SSSR count). The molecule has 0 unspecified atom stereocenters. The van der Waals surface area contributed by atoms with E-state index in [0.29, 0.717) is 11.7 Å². The van der Waals surface area contributed by atoms with Gasteiger partial charge >= 0.3 is 0 Å². The third-order valence-corrected chi connectivity index (χ3v) is 3.95. The molecule has 110 valence electrons. The summed E-state index contributed by atoms with van der Waals surface area (Å²) >= 11 is 0. The van der Waals surface area contributed by atoms with Crippen molar-refractivity contribution in [2.75, 3.05) is 0 Å². The summed E-state index contributed by atoms with van der Waals surface area (Å²) in [7, 11) is 0. The van der Waals surface area contributed by atoms with Crippen molar-refractivity contribution in [3.63, 3.8) is 0 Å². The van der Waals surface area contributed by atoms with Crippen molar-refractivity contribution >= 4 is 11.9 Å². The summed E-state index contributed by atoms with van der Waals surface area (Å²) in [6.07, 6.45) is 2.99. The highest BCUT2D eigenvalue weighted by molar-refractivity contribution is 5.83. The first kappa shape index (κ1) is 15.3. The van der Waals surface area contributed by atoms with Gasteiger partial charge in [-0.1, -0.05) is 26.0 Å². The maximum Gasteiger partial charge on any atom is 0.121 e. The minimum absolute atomic E-state index is 0.366. The molecule has 2 aromatic carbocycles. The molecule has 0 spiro atoms. The molecule has 0 aliphatic rings. The van der Waals surface area contributed by atoms with Crippen molar-refractivity contribution < 1.29 is 5.11 Å². The van der Waals surface area contributed by atoms with Crippen LogP contribution in [0.5, 0.6) is 5.75 Å². The molecule has 1 atom stereocenters. The van der Waals surface area contributed by atoms with Crippen LogP contribution in [0.2, 0.25) is 0 Å². The van der Waals surface area contributed by atoms with Gasteiger partial charge in [-0.3, -0.25) is 4.99 Å². The number of hydrogen-bond acceptors (Lipinski definition) is 2. The van der Waals surface area contributed by atoms with Crippen LogP contribution in [0.1, 0.15) is 48.4 Å². The minimum atomic E-state index is 0.366. The van der Waals surface area contributed by atoms with Gasteiger partial charge in [0.1, 0.15) is 5.75 Å². The Morgan fingerprint density at radius 3 is 2.19 bits per heavy atom. The second-order valence-electron chi connectivity index (χ2n) is 5.66. The fourth-order valence-corrected chi connectivity index (χ4v) is 2.34. The van der Waals surface area contributed by atoms with Gasteiger partial charge in [0, 0.05) is 6.21 Å². The van der Waals surface area contributed by atoms with Gasteiger partial charge in [0.15, 0.2) is 0 Å². The third-order valence-electron chi connectivity index (χ3n) is 3.95. The monoisotopic (exact) mass is 281 g/mol. The Morgan fingerprint density at radius 2 is 1.67 bits per heavy atom. The Balaban J connectivity index is 2.18. The van der Waals surface area contributed by atoms with Crippen LogP contribution in [0.15, 0.2) is 41.4 Å². The molecule has 21 heavy (non-hydrogen) atoms. The van der Waals surface area contributed by atoms with Gasteiger partial charge in [0.05, 0.1) is 5.69 Å². The molecule has 0 radical (unpaired) electrons. The molecular formula is C19H23NO. The Kier molecular flexibility index (Phi) is 4.79. The molecule has 0 saturated carbocycles. The molecule has 0 saturated heterocycles. The molecule has 0 aromatic heterocycles. The Bertz CT molecular complexity index is 618. The highest BCUT2D eigenvalue weighted by Gasteiger charge is 2.03. The lowest BCUT2D eigenvalue weighted by Gasteiger charge is -2.08. The minimum Gasteiger partial charge on any atom is -0.507 e. The molecule has 0 aliphatic heterocycles. The van der Waals surface area contributed by atoms with E-state index in [9.17, 15) is 5.11 Å². The third kappa shape index (κ3) is 3.72. The Labute approximate surface area is 127 Å². The number of aromatic hydroxyl groups is 1. The highest BCUT2D eigenvalue weighted by atomic mass is 16.3. The molecular weight excluding hydrogens is 258 g/mol. The van der Waals surface area contributed by atoms with Crippen molar-refractivity contribution in [3.05, 3.63) is 58.7 Å². The van der Waals surface area contributed by atoms with Gasteiger partial charge < -0.3 is 5.11 Å². The number of hydrogen-bond donors (Lipinski definition) is 1. The largest absolute Gasteiger partial charge is 0.507 e. The SMILES string of the molecule is CC[C@H](C)c1ccc(N=Cc2cc(C)c(O)c(C)c2)cc1. The Morgan fingerprint density at radius 1 is 1.10 bits per heavy atom. The number of nitrogens with zero attached hydrogens (tertiary/aromatic N) is 1. The predicted molar refractivity (Wildman–Crippen MR) is 90.0 cm³/mol. The van der Waals surface area contributed by atoms with Crippen LogP contribution in [0.3, 0.4) is 0 Å². The number of phenolic OH excluding ortho intramolecular Hbond substituents is 1. The van der Waals surface area contributed by atoms with Crippen LogP contribution in [0, 0.1) is 13.8 Å². The smallest absolute Gasteiger partial charge is 0.121 e. The predicted octanol–water partition coefficient (Wildman–Crippen LogP) is 5.27. The standard InChI is InChI=1S/C19H23NO/c1-5-13(2)17-6-8-18(9-7-17)20-12-16-10-14(3)19(21)15(4)11-16/h6-13,21H,5H2,1-4H3/t13-/m0/s1. The first-order chi connectivity index (χ1) is 10.0. The zero-order valence-electron chi connectivity index (χ0n) is 13.2. The number of aliphatic imine (C=N–C) groups is 1. The van der Waals surface area contributed by atoms with E-state index < -0.39 is 0 Å². The van der Waals surface area contributed by atoms with Crippen LogP contribution in [-0.2, 0) is 0 Å². The molecule has 1 N–H and O–H groups in total. The first-order valence-electron chi connectivity index (χ1n) is 7.45. The van der Waals surface area contributed by atoms with E-state index in [0.717, 1.165) is 28.8 Å². The summed E-state index contributed by atoms with van der Waals surface area (Å²) < 4.78 is 0. The van der Waals surface area contributed by atoms with Crippen molar-refractivity contribution in [2.45, 2.75) is 40.0 Å². The molecule has 0 aliphatic carbocycles. The fourth-order valence-electron chi connectivity index (χ4n) is 2.34. The first-order valence-corrected chi connectivity index (χ1v) is 7.45. The van der Waals surface area contributed by atoms with Gasteiger partial charge in [-0.05, 0) is 72.7 Å². The summed E-state index contributed by atoms with van der Waals surface area (Å²) in [6.45, 7) is 8.24. The molecule has 2 heteroatoms. The average molecular weight is 281 g/mol. The molecule has 0 amide bonds. The van der Waals surface area contributed by atoms with E-state index in [1.54, 1.807) is 0 Å². The number of rotatable bonds is 4. The zero-order valence-corrected chi connectivity index (χ0v) is 13.2. The van der Waals surface area contributed by atoms with E-state index in [2.05, 4.69) is 43.1 Å². The molecule has 0 fully saturated rings. The van der Waals surface area contributed by atoms with E-state index in [1.165, 1.54) is 5.56 Å². The normalized spacial score (nSPS) is 12.8. The number of benzene rings is 2. The summed E-state index contributed by atoms with van der Waals surface area (Å²) in [4.78, 5) is 4.51.